The van der Waals surface area contributed by atoms with Gasteiger partial charge in [0.25, 0.3) is 0 Å². The van der Waals surface area contributed by atoms with Gasteiger partial charge in [-0.1, -0.05) is 0 Å². The molecule has 2 aliphatic heterocycles. The summed E-state index contributed by atoms with van der Waals surface area (Å²) in [6, 6.07) is 4.55. The number of piperidine rings is 1. The minimum absolute atomic E-state index is 0.0257. The average Bonchev–Trinajstić information content (AvgIpc) is 3.00. The van der Waals surface area contributed by atoms with Crippen molar-refractivity contribution in [2.45, 2.75) is 30.3 Å². The molecule has 1 aromatic rings. The lowest BCUT2D eigenvalue weighted by atomic mass is 10.00. The van der Waals surface area contributed by atoms with Crippen molar-refractivity contribution in [3.8, 4) is 0 Å². The van der Waals surface area contributed by atoms with E-state index in [1.807, 2.05) is 0 Å². The van der Waals surface area contributed by atoms with Crippen LogP contribution < -0.4 is 0 Å². The van der Waals surface area contributed by atoms with Crippen LogP contribution in [0.1, 0.15) is 19.3 Å². The Morgan fingerprint density at radius 2 is 1.96 bits per heavy atom. The molecule has 2 saturated heterocycles. The Kier molecular flexibility index (Phi) is 5.05. The molecule has 9 heteroatoms. The van der Waals surface area contributed by atoms with Crippen molar-refractivity contribution in [3.63, 3.8) is 0 Å². The van der Waals surface area contributed by atoms with E-state index >= 15 is 0 Å². The second-order valence-electron chi connectivity index (χ2n) is 6.04. The molecule has 2 unspecified atom stereocenters. The molecule has 2 fully saturated rings. The maximum Gasteiger partial charge on any atom is 0.347 e. The number of hydrogen-bond donors (Lipinski definition) is 0. The van der Waals surface area contributed by atoms with Crippen LogP contribution in [0.2, 0.25) is 0 Å². The molecule has 0 aliphatic carbocycles. The second-order valence-corrected chi connectivity index (χ2v) is 7.98. The summed E-state index contributed by atoms with van der Waals surface area (Å²) < 4.78 is 49.4. The van der Waals surface area contributed by atoms with E-state index in [4.69, 9.17) is 9.47 Å². The molecule has 0 spiro atoms. The first-order valence-electron chi connectivity index (χ1n) is 8.01. The van der Waals surface area contributed by atoms with Crippen molar-refractivity contribution < 1.29 is 31.9 Å². The zero-order valence-corrected chi connectivity index (χ0v) is 14.2. The highest BCUT2D eigenvalue weighted by Gasteiger charge is 2.37. The van der Waals surface area contributed by atoms with Crippen LogP contribution in [-0.4, -0.2) is 50.5 Å². The van der Waals surface area contributed by atoms with Gasteiger partial charge in [0.2, 0.25) is 16.1 Å². The summed E-state index contributed by atoms with van der Waals surface area (Å²) in [4.78, 5) is 23.6. The number of nitrogens with zero attached hydrogens (tertiary/aromatic N) is 1. The third-order valence-corrected chi connectivity index (χ3v) is 6.19. The normalized spacial score (nSPS) is 24.8. The van der Waals surface area contributed by atoms with Gasteiger partial charge in [-0.05, 0) is 37.1 Å². The maximum atomic E-state index is 13.0. The fourth-order valence-corrected chi connectivity index (χ4v) is 4.45. The number of ether oxygens (including phenoxy) is 2. The lowest BCUT2D eigenvalue weighted by Crippen LogP contribution is -2.43. The summed E-state index contributed by atoms with van der Waals surface area (Å²) >= 11 is 0. The molecule has 7 nitrogen and oxygen atoms in total. The highest BCUT2D eigenvalue weighted by molar-refractivity contribution is 7.89. The molecule has 0 aromatic heterocycles. The van der Waals surface area contributed by atoms with E-state index in [1.54, 1.807) is 0 Å². The summed E-state index contributed by atoms with van der Waals surface area (Å²) in [5, 5.41) is 0. The Labute approximate surface area is 144 Å². The molecule has 0 bridgehead atoms. The quantitative estimate of drug-likeness (QED) is 0.736. The first-order chi connectivity index (χ1) is 11.9. The number of sulfonamides is 1. The fourth-order valence-electron chi connectivity index (χ4n) is 2.93. The molecule has 25 heavy (non-hydrogen) atoms. The Morgan fingerprint density at radius 3 is 2.60 bits per heavy atom. The first-order valence-corrected chi connectivity index (χ1v) is 9.45. The predicted octanol–water partition coefficient (Wildman–Crippen LogP) is 1.09. The van der Waals surface area contributed by atoms with Gasteiger partial charge in [-0.3, -0.25) is 4.79 Å². The van der Waals surface area contributed by atoms with Gasteiger partial charge in [-0.2, -0.15) is 4.31 Å². The molecule has 0 amide bonds. The number of carbonyl (C=O) groups is 2. The number of rotatable bonds is 4. The van der Waals surface area contributed by atoms with E-state index in [9.17, 15) is 22.4 Å². The summed E-state index contributed by atoms with van der Waals surface area (Å²) in [5.74, 6) is -2.33. The van der Waals surface area contributed by atoms with E-state index < -0.39 is 39.8 Å². The van der Waals surface area contributed by atoms with Gasteiger partial charge in [-0.15, -0.1) is 0 Å². The monoisotopic (exact) mass is 371 g/mol. The van der Waals surface area contributed by atoms with Crippen LogP contribution in [0.5, 0.6) is 0 Å². The van der Waals surface area contributed by atoms with Gasteiger partial charge >= 0.3 is 11.9 Å². The molecule has 2 atom stereocenters. The predicted molar refractivity (Wildman–Crippen MR) is 83.3 cm³/mol. The summed E-state index contributed by atoms with van der Waals surface area (Å²) in [6.45, 7) is 0.460. The highest BCUT2D eigenvalue weighted by Crippen LogP contribution is 2.25. The van der Waals surface area contributed by atoms with Crippen molar-refractivity contribution in [1.82, 2.24) is 4.31 Å². The number of cyclic esters (lactones) is 1. The van der Waals surface area contributed by atoms with E-state index in [2.05, 4.69) is 0 Å². The maximum absolute atomic E-state index is 13.0. The summed E-state index contributed by atoms with van der Waals surface area (Å²) in [7, 11) is -3.82. The molecule has 3 rings (SSSR count). The highest BCUT2D eigenvalue weighted by atomic mass is 32.2. The van der Waals surface area contributed by atoms with Crippen LogP contribution >= 0.6 is 0 Å². The van der Waals surface area contributed by atoms with Crippen LogP contribution in [0.3, 0.4) is 0 Å². The van der Waals surface area contributed by atoms with E-state index in [0.29, 0.717) is 19.3 Å². The number of benzene rings is 1. The Hall–Kier alpha value is -2.00. The number of halogens is 1. The number of hydrogen-bond acceptors (Lipinski definition) is 6. The second kappa shape index (κ2) is 7.09. The molecular formula is C16H18FNO6S. The van der Waals surface area contributed by atoms with Crippen LogP contribution in [0.25, 0.3) is 0 Å². The minimum atomic E-state index is -3.82. The molecule has 0 saturated carbocycles. The largest absolute Gasteiger partial charge is 0.463 e. The van der Waals surface area contributed by atoms with E-state index in [0.717, 1.165) is 12.1 Å². The van der Waals surface area contributed by atoms with Gasteiger partial charge in [-0.25, -0.2) is 17.6 Å². The zero-order valence-electron chi connectivity index (χ0n) is 13.4. The van der Waals surface area contributed by atoms with Crippen molar-refractivity contribution in [1.29, 1.82) is 0 Å². The van der Waals surface area contributed by atoms with E-state index in [1.165, 1.54) is 16.4 Å². The Morgan fingerprint density at radius 1 is 1.24 bits per heavy atom. The fraction of sp³-hybridized carbons (Fsp3) is 0.500. The van der Waals surface area contributed by atoms with Gasteiger partial charge in [0.15, 0.2) is 0 Å². The molecule has 0 radical (unpaired) electrons. The smallest absolute Gasteiger partial charge is 0.347 e. The van der Waals surface area contributed by atoms with Gasteiger partial charge in [0, 0.05) is 19.5 Å². The van der Waals surface area contributed by atoms with Crippen LogP contribution in [0.15, 0.2) is 29.2 Å². The van der Waals surface area contributed by atoms with Crippen molar-refractivity contribution in [3.05, 3.63) is 30.1 Å². The third-order valence-electron chi connectivity index (χ3n) is 4.31. The average molecular weight is 371 g/mol. The SMILES string of the molecule is O=C(OC1CCOC1=O)C1CCCN(S(=O)(=O)c2ccc(F)cc2)C1. The van der Waals surface area contributed by atoms with Crippen molar-refractivity contribution >= 4 is 22.0 Å². The Balaban J connectivity index is 1.68. The molecule has 0 N–H and O–H groups in total. The van der Waals surface area contributed by atoms with Crippen molar-refractivity contribution in [2.24, 2.45) is 5.92 Å². The summed E-state index contributed by atoms with van der Waals surface area (Å²) in [5.41, 5.74) is 0. The molecule has 2 aliphatic rings. The standard InChI is InChI=1S/C16H18FNO6S/c17-12-3-5-13(6-4-12)25(21,22)18-8-1-2-11(10-18)15(19)24-14-7-9-23-16(14)20/h3-6,11,14H,1-2,7-10H2. The molecule has 2 heterocycles. The Bertz CT molecular complexity index is 763. The lowest BCUT2D eigenvalue weighted by molar-refractivity contribution is -0.164. The van der Waals surface area contributed by atoms with Gasteiger partial charge < -0.3 is 9.47 Å². The van der Waals surface area contributed by atoms with Crippen molar-refractivity contribution in [2.75, 3.05) is 19.7 Å². The minimum Gasteiger partial charge on any atom is -0.463 e. The summed E-state index contributed by atoms with van der Waals surface area (Å²) in [6.07, 6.45) is 0.386. The first kappa shape index (κ1) is 17.8. The van der Waals surface area contributed by atoms with E-state index in [-0.39, 0.29) is 24.6 Å². The van der Waals surface area contributed by atoms with Crippen LogP contribution in [0, 0.1) is 11.7 Å². The third kappa shape index (κ3) is 3.82. The molecule has 1 aromatic carbocycles. The topological polar surface area (TPSA) is 90.0 Å². The van der Waals surface area contributed by atoms with Gasteiger partial charge in [0.05, 0.1) is 17.4 Å². The van der Waals surface area contributed by atoms with Crippen LogP contribution in [0.4, 0.5) is 4.39 Å². The molecular weight excluding hydrogens is 353 g/mol. The lowest BCUT2D eigenvalue weighted by Gasteiger charge is -2.31. The van der Waals surface area contributed by atoms with Gasteiger partial charge in [0.1, 0.15) is 5.82 Å². The zero-order chi connectivity index (χ0) is 18.0. The number of carbonyl (C=O) groups excluding carboxylic acids is 2. The van der Waals surface area contributed by atoms with Crippen LogP contribution in [-0.2, 0) is 29.1 Å². The molecule has 136 valence electrons. The number of esters is 2.